The van der Waals surface area contributed by atoms with Gasteiger partial charge in [-0.05, 0) is 96.1 Å². The van der Waals surface area contributed by atoms with Crippen LogP contribution < -0.4 is 19.3 Å². The van der Waals surface area contributed by atoms with Crippen molar-refractivity contribution in [3.63, 3.8) is 0 Å². The van der Waals surface area contributed by atoms with Gasteiger partial charge in [0, 0.05) is 50.7 Å². The maximum absolute atomic E-state index is 12.5. The molecule has 0 bridgehead atoms. The Hall–Kier alpha value is -5.62. The molecule has 4 aromatic carbocycles. The van der Waals surface area contributed by atoms with Gasteiger partial charge in [-0.2, -0.15) is 0 Å². The van der Waals surface area contributed by atoms with Crippen LogP contribution in [0.25, 0.3) is 12.2 Å². The van der Waals surface area contributed by atoms with E-state index in [4.69, 9.17) is 9.47 Å². The first-order valence-electron chi connectivity index (χ1n) is 15.1. The van der Waals surface area contributed by atoms with Crippen LogP contribution in [0.15, 0.2) is 134 Å². The van der Waals surface area contributed by atoms with Gasteiger partial charge in [-0.3, -0.25) is 9.59 Å². The summed E-state index contributed by atoms with van der Waals surface area (Å²) in [5, 5.41) is 0. The van der Waals surface area contributed by atoms with E-state index in [1.807, 2.05) is 86.6 Å². The van der Waals surface area contributed by atoms with E-state index in [1.165, 1.54) is 0 Å². The van der Waals surface area contributed by atoms with Crippen molar-refractivity contribution in [2.24, 2.45) is 0 Å². The van der Waals surface area contributed by atoms with Crippen molar-refractivity contribution in [2.45, 2.75) is 0 Å². The van der Waals surface area contributed by atoms with Crippen LogP contribution in [0.5, 0.6) is 11.5 Å². The van der Waals surface area contributed by atoms with Gasteiger partial charge in [-0.1, -0.05) is 60.7 Å². The molecule has 6 nitrogen and oxygen atoms in total. The van der Waals surface area contributed by atoms with Crippen molar-refractivity contribution in [2.75, 3.05) is 51.2 Å². The predicted molar refractivity (Wildman–Crippen MR) is 190 cm³/mol. The molecular formula is C40H40N2O4. The molecule has 0 heterocycles. The molecule has 4 rings (SSSR count). The fourth-order valence-corrected chi connectivity index (χ4v) is 4.33. The molecule has 234 valence electrons. The monoisotopic (exact) mass is 612 g/mol. The Labute approximate surface area is 272 Å². The van der Waals surface area contributed by atoms with Crippen LogP contribution in [-0.2, 0) is 0 Å². The van der Waals surface area contributed by atoms with E-state index in [0.29, 0.717) is 35.8 Å². The van der Waals surface area contributed by atoms with Gasteiger partial charge in [0.25, 0.3) is 0 Å². The molecule has 4 aromatic rings. The fraction of sp³-hybridized carbons (Fsp3) is 0.150. The van der Waals surface area contributed by atoms with E-state index in [0.717, 1.165) is 22.5 Å². The van der Waals surface area contributed by atoms with Crippen molar-refractivity contribution in [3.05, 3.63) is 156 Å². The first-order valence-corrected chi connectivity index (χ1v) is 15.1. The van der Waals surface area contributed by atoms with Gasteiger partial charge >= 0.3 is 0 Å². The number of allylic oxidation sites excluding steroid dienone is 6. The summed E-state index contributed by atoms with van der Waals surface area (Å²) in [5.41, 5.74) is 5.57. The Morgan fingerprint density at radius 1 is 0.500 bits per heavy atom. The lowest BCUT2D eigenvalue weighted by molar-refractivity contribution is 0.103. The predicted octanol–water partition coefficient (Wildman–Crippen LogP) is 8.18. The van der Waals surface area contributed by atoms with Crippen LogP contribution in [0.4, 0.5) is 11.4 Å². The largest absolute Gasteiger partial charge is 0.490 e. The molecule has 0 spiro atoms. The zero-order valence-electron chi connectivity index (χ0n) is 26.8. The summed E-state index contributed by atoms with van der Waals surface area (Å²) in [6, 6.07) is 30.4. The smallest absolute Gasteiger partial charge is 0.185 e. The minimum Gasteiger partial charge on any atom is -0.490 e. The van der Waals surface area contributed by atoms with Crippen molar-refractivity contribution in [1.29, 1.82) is 0 Å². The maximum atomic E-state index is 12.5. The molecule has 0 saturated heterocycles. The van der Waals surface area contributed by atoms with Crippen LogP contribution in [0.1, 0.15) is 31.8 Å². The van der Waals surface area contributed by atoms with Gasteiger partial charge in [0.05, 0.1) is 0 Å². The number of ketones is 2. The van der Waals surface area contributed by atoms with Gasteiger partial charge in [0.1, 0.15) is 24.7 Å². The highest BCUT2D eigenvalue weighted by atomic mass is 16.5. The Bertz CT molecular complexity index is 1550. The van der Waals surface area contributed by atoms with Gasteiger partial charge in [0.15, 0.2) is 11.6 Å². The third-order valence-corrected chi connectivity index (χ3v) is 7.01. The molecule has 0 aliphatic rings. The number of rotatable bonds is 15. The third-order valence-electron chi connectivity index (χ3n) is 7.01. The lowest BCUT2D eigenvalue weighted by atomic mass is 10.1. The fourth-order valence-electron chi connectivity index (χ4n) is 4.33. The second kappa shape index (κ2) is 17.0. The molecule has 0 aliphatic carbocycles. The summed E-state index contributed by atoms with van der Waals surface area (Å²) in [4.78, 5) is 29.1. The highest BCUT2D eigenvalue weighted by molar-refractivity contribution is 6.05. The normalized spacial score (nSPS) is 11.5. The SMILES string of the molecule is CN(C)c1ccc(/C=C/C=C/C(=O)c2ccc(OCCOc3ccc(C(=O)/C=C/C=C/c4ccc(N(C)C)cc4)cc3)cc2)cc1. The molecular weight excluding hydrogens is 572 g/mol. The van der Waals surface area contributed by atoms with Crippen molar-refractivity contribution in [1.82, 2.24) is 0 Å². The summed E-state index contributed by atoms with van der Waals surface area (Å²) in [5.74, 6) is 1.14. The number of carbonyl (C=O) groups excluding carboxylic acids is 2. The second-order valence-corrected chi connectivity index (χ2v) is 10.9. The maximum Gasteiger partial charge on any atom is 0.185 e. The molecule has 0 unspecified atom stereocenters. The van der Waals surface area contributed by atoms with E-state index in [1.54, 1.807) is 72.8 Å². The summed E-state index contributed by atoms with van der Waals surface area (Å²) in [7, 11) is 8.02. The van der Waals surface area contributed by atoms with Crippen molar-refractivity contribution >= 4 is 35.1 Å². The van der Waals surface area contributed by atoms with Crippen molar-refractivity contribution < 1.29 is 19.1 Å². The van der Waals surface area contributed by atoms with E-state index < -0.39 is 0 Å². The Kier molecular flexibility index (Phi) is 12.3. The second-order valence-electron chi connectivity index (χ2n) is 10.9. The molecule has 0 radical (unpaired) electrons. The molecule has 0 aliphatic heterocycles. The molecule has 0 atom stereocenters. The lowest BCUT2D eigenvalue weighted by Crippen LogP contribution is -2.09. The quantitative estimate of drug-likeness (QED) is 0.0584. The van der Waals surface area contributed by atoms with Gasteiger partial charge < -0.3 is 19.3 Å². The minimum atomic E-state index is -0.0811. The van der Waals surface area contributed by atoms with Crippen LogP contribution >= 0.6 is 0 Å². The Morgan fingerprint density at radius 2 is 0.848 bits per heavy atom. The summed E-state index contributed by atoms with van der Waals surface area (Å²) < 4.78 is 11.5. The minimum absolute atomic E-state index is 0.0811. The number of hydrogen-bond donors (Lipinski definition) is 0. The topological polar surface area (TPSA) is 59.1 Å². The summed E-state index contributed by atoms with van der Waals surface area (Å²) in [6.45, 7) is 0.669. The van der Waals surface area contributed by atoms with Gasteiger partial charge in [-0.25, -0.2) is 0 Å². The summed E-state index contributed by atoms with van der Waals surface area (Å²) in [6.07, 6.45) is 14.2. The Balaban J connectivity index is 1.15. The third kappa shape index (κ3) is 10.5. The van der Waals surface area contributed by atoms with Crippen LogP contribution in [0.2, 0.25) is 0 Å². The zero-order chi connectivity index (χ0) is 32.7. The van der Waals surface area contributed by atoms with E-state index in [2.05, 4.69) is 24.3 Å². The first-order chi connectivity index (χ1) is 22.3. The van der Waals surface area contributed by atoms with Crippen molar-refractivity contribution in [3.8, 4) is 11.5 Å². The highest BCUT2D eigenvalue weighted by Gasteiger charge is 2.04. The number of benzene rings is 4. The number of hydrogen-bond acceptors (Lipinski definition) is 6. The molecule has 0 N–H and O–H groups in total. The van der Waals surface area contributed by atoms with Crippen LogP contribution in [-0.4, -0.2) is 53.0 Å². The highest BCUT2D eigenvalue weighted by Crippen LogP contribution is 2.17. The molecule has 0 fully saturated rings. The van der Waals surface area contributed by atoms with Gasteiger partial charge in [-0.15, -0.1) is 0 Å². The van der Waals surface area contributed by atoms with Crippen LogP contribution in [0, 0.1) is 0 Å². The first kappa shape index (κ1) is 33.3. The molecule has 6 heteroatoms. The molecule has 0 amide bonds. The van der Waals surface area contributed by atoms with E-state index in [9.17, 15) is 9.59 Å². The number of anilines is 2. The standard InChI is InChI=1S/C40H40N2O4/c1-41(2)35-21-13-31(14-22-35)9-5-7-11-39(43)33-17-25-37(26-18-33)45-29-30-46-38-27-19-34(20-28-38)40(44)12-8-6-10-32-15-23-36(24-16-32)42(3)4/h5-28H,29-30H2,1-4H3/b9-5+,10-6+,11-7+,12-8+. The van der Waals surface area contributed by atoms with E-state index in [-0.39, 0.29) is 11.6 Å². The lowest BCUT2D eigenvalue weighted by Gasteiger charge is -2.11. The molecule has 0 saturated carbocycles. The van der Waals surface area contributed by atoms with E-state index >= 15 is 0 Å². The zero-order valence-corrected chi connectivity index (χ0v) is 26.8. The number of ether oxygens (including phenoxy) is 2. The molecule has 46 heavy (non-hydrogen) atoms. The van der Waals surface area contributed by atoms with Crippen LogP contribution in [0.3, 0.4) is 0 Å². The average Bonchev–Trinajstić information content (AvgIpc) is 3.07. The number of nitrogens with zero attached hydrogens (tertiary/aromatic N) is 2. The number of carbonyl (C=O) groups is 2. The molecule has 0 aromatic heterocycles. The summed E-state index contributed by atoms with van der Waals surface area (Å²) >= 11 is 0. The van der Waals surface area contributed by atoms with Gasteiger partial charge in [0.2, 0.25) is 0 Å². The Morgan fingerprint density at radius 3 is 1.17 bits per heavy atom. The average molecular weight is 613 g/mol.